The van der Waals surface area contributed by atoms with Crippen molar-refractivity contribution in [3.05, 3.63) is 27.8 Å². The van der Waals surface area contributed by atoms with Gasteiger partial charge >= 0.3 is 0 Å². The van der Waals surface area contributed by atoms with Crippen LogP contribution >= 0.6 is 0 Å². The molecule has 17 heavy (non-hydrogen) atoms. The molecule has 1 heterocycles. The summed E-state index contributed by atoms with van der Waals surface area (Å²) in [6.45, 7) is 1.67. The monoisotopic (exact) mass is 238 g/mol. The molecule has 1 amide bonds. The van der Waals surface area contributed by atoms with Crippen molar-refractivity contribution in [3.63, 3.8) is 0 Å². The first-order chi connectivity index (χ1) is 8.08. The standard InChI is InChI=1S/C10H10N2O5/c1-6(13)11-8-2-7-4-16-5-17-10(7)3-9(8)12(14)15/h2-3H,4-5H2,1H3,(H,11,13). The third kappa shape index (κ3) is 2.34. The number of anilines is 1. The normalized spacial score (nSPS) is 13.5. The maximum atomic E-state index is 11.0. The number of ether oxygens (including phenoxy) is 2. The van der Waals surface area contributed by atoms with Gasteiger partial charge in [0, 0.05) is 12.5 Å². The van der Waals surface area contributed by atoms with E-state index in [1.165, 1.54) is 19.1 Å². The summed E-state index contributed by atoms with van der Waals surface area (Å²) in [5, 5.41) is 13.3. The molecule has 1 N–H and O–H groups in total. The van der Waals surface area contributed by atoms with Gasteiger partial charge in [-0.2, -0.15) is 0 Å². The van der Waals surface area contributed by atoms with E-state index in [0.29, 0.717) is 17.9 Å². The van der Waals surface area contributed by atoms with Gasteiger partial charge in [-0.05, 0) is 6.07 Å². The number of nitro groups is 1. The zero-order chi connectivity index (χ0) is 12.4. The van der Waals surface area contributed by atoms with Crippen molar-refractivity contribution in [1.29, 1.82) is 0 Å². The number of rotatable bonds is 2. The van der Waals surface area contributed by atoms with E-state index in [0.717, 1.165) is 0 Å². The molecule has 7 heteroatoms. The average molecular weight is 238 g/mol. The number of carbonyl (C=O) groups excluding carboxylic acids is 1. The first kappa shape index (κ1) is 11.3. The highest BCUT2D eigenvalue weighted by atomic mass is 16.7. The van der Waals surface area contributed by atoms with Crippen LogP contribution in [0.2, 0.25) is 0 Å². The lowest BCUT2D eigenvalue weighted by molar-refractivity contribution is -0.384. The molecule has 1 aliphatic rings. The molecule has 0 spiro atoms. The van der Waals surface area contributed by atoms with Gasteiger partial charge in [-0.25, -0.2) is 0 Å². The Morgan fingerprint density at radius 3 is 2.94 bits per heavy atom. The minimum Gasteiger partial charge on any atom is -0.467 e. The molecule has 90 valence electrons. The second-order valence-electron chi connectivity index (χ2n) is 3.53. The zero-order valence-electron chi connectivity index (χ0n) is 9.06. The highest BCUT2D eigenvalue weighted by Gasteiger charge is 2.21. The third-order valence-electron chi connectivity index (χ3n) is 2.24. The molecule has 1 aliphatic heterocycles. The number of carbonyl (C=O) groups is 1. The molecule has 0 radical (unpaired) electrons. The van der Waals surface area contributed by atoms with Crippen LogP contribution < -0.4 is 10.1 Å². The fraction of sp³-hybridized carbons (Fsp3) is 0.300. The molecular formula is C10H10N2O5. The number of fused-ring (bicyclic) bond motifs is 1. The molecule has 2 rings (SSSR count). The largest absolute Gasteiger partial charge is 0.467 e. The molecule has 0 saturated carbocycles. The Morgan fingerprint density at radius 1 is 1.53 bits per heavy atom. The summed E-state index contributed by atoms with van der Waals surface area (Å²) in [5.74, 6) is 0.0442. The van der Waals surface area contributed by atoms with Crippen LogP contribution in [-0.4, -0.2) is 17.6 Å². The van der Waals surface area contributed by atoms with E-state index in [-0.39, 0.29) is 24.1 Å². The van der Waals surface area contributed by atoms with Crippen LogP contribution in [0, 0.1) is 10.1 Å². The smallest absolute Gasteiger partial charge is 0.296 e. The van der Waals surface area contributed by atoms with Gasteiger partial charge in [0.2, 0.25) is 5.91 Å². The molecule has 0 bridgehead atoms. The van der Waals surface area contributed by atoms with Crippen molar-refractivity contribution in [2.45, 2.75) is 13.5 Å². The highest BCUT2D eigenvalue weighted by Crippen LogP contribution is 2.34. The van der Waals surface area contributed by atoms with E-state index in [1.54, 1.807) is 0 Å². The summed E-state index contributed by atoms with van der Waals surface area (Å²) >= 11 is 0. The lowest BCUT2D eigenvalue weighted by atomic mass is 10.1. The fourth-order valence-electron chi connectivity index (χ4n) is 1.56. The quantitative estimate of drug-likeness (QED) is 0.621. The topological polar surface area (TPSA) is 90.7 Å². The van der Waals surface area contributed by atoms with Gasteiger partial charge in [0.15, 0.2) is 6.79 Å². The van der Waals surface area contributed by atoms with Crippen molar-refractivity contribution < 1.29 is 19.2 Å². The Labute approximate surface area is 96.5 Å². The Hall–Kier alpha value is -2.15. The van der Waals surface area contributed by atoms with Crippen molar-refractivity contribution >= 4 is 17.3 Å². The Kier molecular flexibility index (Phi) is 2.92. The number of nitro benzene ring substituents is 1. The van der Waals surface area contributed by atoms with E-state index in [9.17, 15) is 14.9 Å². The summed E-state index contributed by atoms with van der Waals surface area (Å²) in [6, 6.07) is 2.79. The molecule has 0 unspecified atom stereocenters. The predicted molar refractivity (Wildman–Crippen MR) is 57.7 cm³/mol. The first-order valence-electron chi connectivity index (χ1n) is 4.87. The molecule has 0 fully saturated rings. The van der Waals surface area contributed by atoms with Crippen LogP contribution in [0.1, 0.15) is 12.5 Å². The summed E-state index contributed by atoms with van der Waals surface area (Å²) in [6.07, 6.45) is 0. The third-order valence-corrected chi connectivity index (χ3v) is 2.24. The van der Waals surface area contributed by atoms with Crippen molar-refractivity contribution in [2.24, 2.45) is 0 Å². The van der Waals surface area contributed by atoms with Crippen LogP contribution in [-0.2, 0) is 16.1 Å². The van der Waals surface area contributed by atoms with E-state index < -0.39 is 4.92 Å². The number of nitrogens with one attached hydrogen (secondary N) is 1. The van der Waals surface area contributed by atoms with Gasteiger partial charge in [0.05, 0.1) is 17.6 Å². The molecule has 1 aromatic carbocycles. The summed E-state index contributed by atoms with van der Waals surface area (Å²) in [4.78, 5) is 21.3. The van der Waals surface area contributed by atoms with Gasteiger partial charge < -0.3 is 14.8 Å². The van der Waals surface area contributed by atoms with Crippen LogP contribution in [0.5, 0.6) is 5.75 Å². The van der Waals surface area contributed by atoms with Crippen molar-refractivity contribution in [3.8, 4) is 5.75 Å². The van der Waals surface area contributed by atoms with Crippen molar-refractivity contribution in [2.75, 3.05) is 12.1 Å². The van der Waals surface area contributed by atoms with Crippen LogP contribution in [0.4, 0.5) is 11.4 Å². The Morgan fingerprint density at radius 2 is 2.29 bits per heavy atom. The SMILES string of the molecule is CC(=O)Nc1cc2c(cc1[N+](=O)[O-])OCOC2. The predicted octanol–water partition coefficient (Wildman–Crippen LogP) is 1.42. The number of amides is 1. The van der Waals surface area contributed by atoms with Gasteiger partial charge in [-0.15, -0.1) is 0 Å². The lowest BCUT2D eigenvalue weighted by Gasteiger charge is -2.18. The maximum Gasteiger partial charge on any atom is 0.296 e. The molecular weight excluding hydrogens is 228 g/mol. The van der Waals surface area contributed by atoms with E-state index in [4.69, 9.17) is 9.47 Å². The van der Waals surface area contributed by atoms with Crippen molar-refractivity contribution in [1.82, 2.24) is 0 Å². The molecule has 0 aliphatic carbocycles. The number of nitrogens with zero attached hydrogens (tertiary/aromatic N) is 1. The summed E-state index contributed by atoms with van der Waals surface area (Å²) < 4.78 is 10.2. The Balaban J connectivity index is 2.47. The average Bonchev–Trinajstić information content (AvgIpc) is 2.27. The maximum absolute atomic E-state index is 11.0. The fourth-order valence-corrected chi connectivity index (χ4v) is 1.56. The lowest BCUT2D eigenvalue weighted by Crippen LogP contribution is -2.14. The molecule has 7 nitrogen and oxygen atoms in total. The molecule has 1 aromatic rings. The number of hydrogen-bond acceptors (Lipinski definition) is 5. The van der Waals surface area contributed by atoms with E-state index in [2.05, 4.69) is 5.32 Å². The minimum atomic E-state index is -0.565. The van der Waals surface area contributed by atoms with Gasteiger partial charge in [0.1, 0.15) is 11.4 Å². The second kappa shape index (κ2) is 4.38. The zero-order valence-corrected chi connectivity index (χ0v) is 9.06. The van der Waals surface area contributed by atoms with Gasteiger partial charge in [-0.3, -0.25) is 14.9 Å². The van der Waals surface area contributed by atoms with Crippen LogP contribution in [0.25, 0.3) is 0 Å². The first-order valence-corrected chi connectivity index (χ1v) is 4.87. The van der Waals surface area contributed by atoms with Crippen LogP contribution in [0.3, 0.4) is 0 Å². The minimum absolute atomic E-state index is 0.0731. The van der Waals surface area contributed by atoms with Gasteiger partial charge in [-0.1, -0.05) is 0 Å². The van der Waals surface area contributed by atoms with E-state index >= 15 is 0 Å². The number of hydrogen-bond donors (Lipinski definition) is 1. The summed E-state index contributed by atoms with van der Waals surface area (Å²) in [5.41, 5.74) is 0.627. The molecule has 0 aromatic heterocycles. The van der Waals surface area contributed by atoms with Gasteiger partial charge in [0.25, 0.3) is 5.69 Å². The Bertz CT molecular complexity index is 486. The molecule has 0 saturated heterocycles. The second-order valence-corrected chi connectivity index (χ2v) is 3.53. The number of benzene rings is 1. The summed E-state index contributed by atoms with van der Waals surface area (Å²) in [7, 11) is 0. The van der Waals surface area contributed by atoms with E-state index in [1.807, 2.05) is 0 Å². The molecule has 0 atom stereocenters. The highest BCUT2D eigenvalue weighted by molar-refractivity contribution is 5.91. The van der Waals surface area contributed by atoms with Crippen LogP contribution in [0.15, 0.2) is 12.1 Å².